The molecule has 1 aromatic carbocycles. The highest BCUT2D eigenvalue weighted by atomic mass is 19.1. The Hall–Kier alpha value is -2.64. The van der Waals surface area contributed by atoms with E-state index in [1.54, 1.807) is 17.0 Å². The molecule has 3 aliphatic rings. The van der Waals surface area contributed by atoms with Gasteiger partial charge in [0, 0.05) is 25.9 Å². The molecule has 30 heavy (non-hydrogen) atoms. The Balaban J connectivity index is 1.31. The molecule has 1 N–H and O–H groups in total. The highest BCUT2D eigenvalue weighted by molar-refractivity contribution is 6.09. The van der Waals surface area contributed by atoms with E-state index in [4.69, 9.17) is 4.74 Å². The van der Waals surface area contributed by atoms with Gasteiger partial charge in [0.15, 0.2) is 0 Å². The van der Waals surface area contributed by atoms with Crippen LogP contribution < -0.4 is 10.1 Å². The molecule has 7 nitrogen and oxygen atoms in total. The molecule has 1 aliphatic carbocycles. The van der Waals surface area contributed by atoms with Gasteiger partial charge in [0.2, 0.25) is 5.91 Å². The molecule has 1 aromatic rings. The lowest BCUT2D eigenvalue weighted by Crippen LogP contribution is -2.54. The highest BCUT2D eigenvalue weighted by Crippen LogP contribution is 2.38. The molecule has 0 bridgehead atoms. The summed E-state index contributed by atoms with van der Waals surface area (Å²) in [6, 6.07) is 5.42. The van der Waals surface area contributed by atoms with E-state index in [0.29, 0.717) is 38.1 Å². The van der Waals surface area contributed by atoms with Crippen molar-refractivity contribution in [3.8, 4) is 5.75 Å². The third-order valence-electron chi connectivity index (χ3n) is 6.71. The number of nitrogens with one attached hydrogen (secondary N) is 1. The van der Waals surface area contributed by atoms with Gasteiger partial charge in [-0.15, -0.1) is 0 Å². The first-order valence-corrected chi connectivity index (χ1v) is 10.7. The maximum absolute atomic E-state index is 13.0. The molecule has 3 fully saturated rings. The summed E-state index contributed by atoms with van der Waals surface area (Å²) in [5.74, 6) is -0.121. The van der Waals surface area contributed by atoms with Gasteiger partial charge in [-0.05, 0) is 43.0 Å². The number of benzene rings is 1. The summed E-state index contributed by atoms with van der Waals surface area (Å²) < 4.78 is 18.9. The second-order valence-electron chi connectivity index (χ2n) is 8.59. The van der Waals surface area contributed by atoms with E-state index in [1.165, 1.54) is 12.1 Å². The number of halogens is 1. The minimum atomic E-state index is -0.842. The number of piperidine rings is 1. The zero-order valence-corrected chi connectivity index (χ0v) is 17.2. The van der Waals surface area contributed by atoms with Gasteiger partial charge in [-0.2, -0.15) is 0 Å². The van der Waals surface area contributed by atoms with Crippen LogP contribution >= 0.6 is 0 Å². The SMILES string of the molecule is CC1CCCCC12NC(=O)N(CC(=O)N1CCC(Oc3ccc(F)cc3)CC1)C2=O. The number of urea groups is 1. The average molecular weight is 417 g/mol. The number of rotatable bonds is 4. The van der Waals surface area contributed by atoms with Gasteiger partial charge in [0.1, 0.15) is 29.8 Å². The molecule has 0 radical (unpaired) electrons. The Bertz CT molecular complexity index is 822. The van der Waals surface area contributed by atoms with E-state index >= 15 is 0 Å². The summed E-state index contributed by atoms with van der Waals surface area (Å²) in [6.45, 7) is 2.77. The number of amides is 4. The zero-order chi connectivity index (χ0) is 21.3. The van der Waals surface area contributed by atoms with Gasteiger partial charge in [-0.25, -0.2) is 9.18 Å². The van der Waals surface area contributed by atoms with Gasteiger partial charge < -0.3 is 15.0 Å². The van der Waals surface area contributed by atoms with Crippen LogP contribution in [0.25, 0.3) is 0 Å². The lowest BCUT2D eigenvalue weighted by molar-refractivity contribution is -0.141. The number of carbonyl (C=O) groups is 3. The van der Waals surface area contributed by atoms with Crippen molar-refractivity contribution in [2.75, 3.05) is 19.6 Å². The first-order valence-electron chi connectivity index (χ1n) is 10.7. The second-order valence-corrected chi connectivity index (χ2v) is 8.59. The normalized spacial score (nSPS) is 27.5. The van der Waals surface area contributed by atoms with Crippen LogP contribution in [-0.2, 0) is 9.59 Å². The lowest BCUT2D eigenvalue weighted by atomic mass is 9.73. The Morgan fingerprint density at radius 2 is 1.87 bits per heavy atom. The van der Waals surface area contributed by atoms with Crippen LogP contribution in [0.15, 0.2) is 24.3 Å². The van der Waals surface area contributed by atoms with Crippen molar-refractivity contribution < 1.29 is 23.5 Å². The smallest absolute Gasteiger partial charge is 0.325 e. The summed E-state index contributed by atoms with van der Waals surface area (Å²) >= 11 is 0. The van der Waals surface area contributed by atoms with Crippen molar-refractivity contribution in [3.05, 3.63) is 30.1 Å². The Morgan fingerprint density at radius 1 is 1.17 bits per heavy atom. The quantitative estimate of drug-likeness (QED) is 0.764. The average Bonchev–Trinajstić information content (AvgIpc) is 2.97. The molecule has 162 valence electrons. The Morgan fingerprint density at radius 3 is 2.53 bits per heavy atom. The summed E-state index contributed by atoms with van der Waals surface area (Å²) in [6.07, 6.45) is 4.72. The van der Waals surface area contributed by atoms with Crippen LogP contribution in [0.3, 0.4) is 0 Å². The number of ether oxygens (including phenoxy) is 1. The highest BCUT2D eigenvalue weighted by Gasteiger charge is 2.55. The topological polar surface area (TPSA) is 79.0 Å². The molecule has 2 aliphatic heterocycles. The second kappa shape index (κ2) is 8.24. The predicted octanol–water partition coefficient (Wildman–Crippen LogP) is 2.70. The molecule has 0 aromatic heterocycles. The summed E-state index contributed by atoms with van der Waals surface area (Å²) in [4.78, 5) is 41.0. The molecule has 1 saturated carbocycles. The van der Waals surface area contributed by atoms with Crippen molar-refractivity contribution >= 4 is 17.8 Å². The van der Waals surface area contributed by atoms with E-state index in [-0.39, 0.29) is 36.2 Å². The fourth-order valence-electron chi connectivity index (χ4n) is 4.80. The number of imide groups is 1. The Kier molecular flexibility index (Phi) is 5.66. The first-order chi connectivity index (χ1) is 14.4. The number of hydrogen-bond acceptors (Lipinski definition) is 4. The van der Waals surface area contributed by atoms with Gasteiger partial charge in [0.25, 0.3) is 5.91 Å². The van der Waals surface area contributed by atoms with Crippen LogP contribution in [0.2, 0.25) is 0 Å². The van der Waals surface area contributed by atoms with Gasteiger partial charge in [-0.1, -0.05) is 19.8 Å². The predicted molar refractivity (Wildman–Crippen MR) is 107 cm³/mol. The maximum Gasteiger partial charge on any atom is 0.325 e. The fourth-order valence-corrected chi connectivity index (χ4v) is 4.80. The molecule has 8 heteroatoms. The molecule has 1 spiro atoms. The third kappa shape index (κ3) is 3.87. The minimum Gasteiger partial charge on any atom is -0.490 e. The fraction of sp³-hybridized carbons (Fsp3) is 0.591. The van der Waals surface area contributed by atoms with E-state index in [9.17, 15) is 18.8 Å². The monoisotopic (exact) mass is 417 g/mol. The van der Waals surface area contributed by atoms with Crippen LogP contribution in [0.5, 0.6) is 5.75 Å². The van der Waals surface area contributed by atoms with Gasteiger partial charge in [-0.3, -0.25) is 14.5 Å². The summed E-state index contributed by atoms with van der Waals surface area (Å²) in [5, 5.41) is 2.89. The summed E-state index contributed by atoms with van der Waals surface area (Å²) in [5.41, 5.74) is -0.842. The molecular weight excluding hydrogens is 389 g/mol. The first kappa shape index (κ1) is 20.6. The standard InChI is InChI=1S/C22H28FN3O4/c1-15-4-2-3-11-22(15)20(28)26(21(29)24-22)14-19(27)25-12-9-18(10-13-25)30-17-7-5-16(23)6-8-17/h5-8,15,18H,2-4,9-14H2,1H3,(H,24,29). The molecule has 2 unspecified atom stereocenters. The molecule has 2 saturated heterocycles. The molecule has 2 heterocycles. The van der Waals surface area contributed by atoms with Crippen LogP contribution in [-0.4, -0.2) is 58.9 Å². The van der Waals surface area contributed by atoms with Crippen molar-refractivity contribution in [1.29, 1.82) is 0 Å². The lowest BCUT2D eigenvalue weighted by Gasteiger charge is -2.37. The van der Waals surface area contributed by atoms with E-state index in [1.807, 2.05) is 6.92 Å². The number of hydrogen-bond donors (Lipinski definition) is 1. The van der Waals surface area contributed by atoms with Crippen molar-refractivity contribution in [2.24, 2.45) is 5.92 Å². The van der Waals surface area contributed by atoms with E-state index in [2.05, 4.69) is 5.32 Å². The largest absolute Gasteiger partial charge is 0.490 e. The van der Waals surface area contributed by atoms with Crippen molar-refractivity contribution in [1.82, 2.24) is 15.1 Å². The van der Waals surface area contributed by atoms with E-state index in [0.717, 1.165) is 24.2 Å². The van der Waals surface area contributed by atoms with Crippen LogP contribution in [0.1, 0.15) is 45.4 Å². The zero-order valence-electron chi connectivity index (χ0n) is 17.2. The third-order valence-corrected chi connectivity index (χ3v) is 6.71. The number of likely N-dealkylation sites (tertiary alicyclic amines) is 1. The number of carbonyl (C=O) groups excluding carboxylic acids is 3. The molecule has 2 atom stereocenters. The molecule has 4 amide bonds. The number of nitrogens with zero attached hydrogens (tertiary/aromatic N) is 2. The van der Waals surface area contributed by atoms with Gasteiger partial charge >= 0.3 is 6.03 Å². The van der Waals surface area contributed by atoms with Crippen molar-refractivity contribution in [2.45, 2.75) is 57.1 Å². The molecular formula is C22H28FN3O4. The van der Waals surface area contributed by atoms with Crippen LogP contribution in [0, 0.1) is 11.7 Å². The maximum atomic E-state index is 13.0. The van der Waals surface area contributed by atoms with E-state index < -0.39 is 11.6 Å². The Labute approximate surface area is 175 Å². The molecule has 4 rings (SSSR count). The minimum absolute atomic E-state index is 0.0532. The van der Waals surface area contributed by atoms with Gasteiger partial charge in [0.05, 0.1) is 0 Å². The van der Waals surface area contributed by atoms with Crippen LogP contribution in [0.4, 0.5) is 9.18 Å². The summed E-state index contributed by atoms with van der Waals surface area (Å²) in [7, 11) is 0. The van der Waals surface area contributed by atoms with Crippen molar-refractivity contribution in [3.63, 3.8) is 0 Å².